The first-order chi connectivity index (χ1) is 9.48. The quantitative estimate of drug-likeness (QED) is 0.444. The number of rotatable bonds is 6. The Kier molecular flexibility index (Phi) is 8.13. The van der Waals surface area contributed by atoms with Crippen LogP contribution in [-0.4, -0.2) is 37.4 Å². The summed E-state index contributed by atoms with van der Waals surface area (Å²) in [5, 5.41) is 6.15. The van der Waals surface area contributed by atoms with Crippen LogP contribution in [0.2, 0.25) is 0 Å². The van der Waals surface area contributed by atoms with E-state index in [2.05, 4.69) is 35.3 Å². The zero-order chi connectivity index (χ0) is 15.7. The smallest absolute Gasteiger partial charge is 0.163 e. The first-order valence-electron chi connectivity index (χ1n) is 6.74. The fourth-order valence-electron chi connectivity index (χ4n) is 2.02. The van der Waals surface area contributed by atoms with Crippen LogP contribution in [0.15, 0.2) is 49.0 Å². The molecule has 2 N–H and O–H groups in total. The molecule has 112 valence electrons. The zero-order valence-electron chi connectivity index (χ0n) is 13.1. The van der Waals surface area contributed by atoms with E-state index in [1.54, 1.807) is 19.1 Å². The Morgan fingerprint density at radius 3 is 2.10 bits per heavy atom. The van der Waals surface area contributed by atoms with E-state index in [-0.39, 0.29) is 11.8 Å². The molecule has 0 unspecified atom stereocenters. The van der Waals surface area contributed by atoms with Gasteiger partial charge in [-0.05, 0) is 20.3 Å². The number of hydrogen-bond donors (Lipinski definition) is 2. The van der Waals surface area contributed by atoms with Crippen molar-refractivity contribution in [2.75, 3.05) is 20.6 Å². The van der Waals surface area contributed by atoms with E-state index in [0.29, 0.717) is 5.57 Å². The summed E-state index contributed by atoms with van der Waals surface area (Å²) in [7, 11) is 3.68. The molecule has 0 spiro atoms. The number of Topliss-reactive ketones (excluding diaryl/α,β-unsaturated/α-hetero) is 1. The van der Waals surface area contributed by atoms with E-state index < -0.39 is 0 Å². The van der Waals surface area contributed by atoms with E-state index in [0.717, 1.165) is 24.5 Å². The number of likely N-dealkylation sites (tertiary alicyclic amines) is 1. The molecule has 1 aliphatic rings. The molecule has 1 rings (SSSR count). The van der Waals surface area contributed by atoms with Crippen molar-refractivity contribution in [3.8, 4) is 0 Å². The largest absolute Gasteiger partial charge is 0.390 e. The van der Waals surface area contributed by atoms with Crippen molar-refractivity contribution in [1.82, 2.24) is 15.5 Å². The predicted octanol–water partition coefficient (Wildman–Crippen LogP) is 2.19. The van der Waals surface area contributed by atoms with E-state index in [1.807, 2.05) is 21.0 Å². The Balaban J connectivity index is 0.00000110. The highest BCUT2D eigenvalue weighted by Gasteiger charge is 2.32. The molecule has 0 saturated carbocycles. The van der Waals surface area contributed by atoms with E-state index in [4.69, 9.17) is 0 Å². The summed E-state index contributed by atoms with van der Waals surface area (Å²) in [6.45, 7) is 15.4. The third kappa shape index (κ3) is 4.30. The van der Waals surface area contributed by atoms with Gasteiger partial charge in [-0.15, -0.1) is 6.58 Å². The van der Waals surface area contributed by atoms with Gasteiger partial charge in [0.25, 0.3) is 0 Å². The standard InChI is InChI=1S/C13H21N3O.C3H6/c1-6-11(10(3)17)13(15-5)16-8-7-12(16)9(2)14-4;1-3-2/h6,12,14-15H,1-2,7-8H2,3-5H3;3H,1H2,2H3/b13-11-;/t12-;/m1./s1. The highest BCUT2D eigenvalue weighted by atomic mass is 16.1. The van der Waals surface area contributed by atoms with Crippen molar-refractivity contribution in [1.29, 1.82) is 0 Å². The number of ketones is 1. The molecule has 1 fully saturated rings. The van der Waals surface area contributed by atoms with Gasteiger partial charge in [-0.2, -0.15) is 0 Å². The molecule has 0 aromatic rings. The van der Waals surface area contributed by atoms with Gasteiger partial charge in [0.05, 0.1) is 11.6 Å². The van der Waals surface area contributed by atoms with Gasteiger partial charge in [-0.3, -0.25) is 4.79 Å². The van der Waals surface area contributed by atoms with Gasteiger partial charge in [-0.1, -0.05) is 25.3 Å². The third-order valence-corrected chi connectivity index (χ3v) is 3.11. The van der Waals surface area contributed by atoms with Gasteiger partial charge in [0, 0.05) is 26.3 Å². The number of hydrogen-bond acceptors (Lipinski definition) is 4. The highest BCUT2D eigenvalue weighted by molar-refractivity contribution is 5.96. The van der Waals surface area contributed by atoms with Crippen LogP contribution < -0.4 is 10.6 Å². The molecule has 20 heavy (non-hydrogen) atoms. The zero-order valence-corrected chi connectivity index (χ0v) is 13.1. The fraction of sp³-hybridized carbons (Fsp3) is 0.438. The second kappa shape index (κ2) is 9.02. The first kappa shape index (κ1) is 18.0. The Hall–Kier alpha value is -1.97. The fourth-order valence-corrected chi connectivity index (χ4v) is 2.02. The third-order valence-electron chi connectivity index (χ3n) is 3.11. The van der Waals surface area contributed by atoms with Crippen molar-refractivity contribution < 1.29 is 4.79 Å². The van der Waals surface area contributed by atoms with Crippen LogP contribution in [0.4, 0.5) is 0 Å². The monoisotopic (exact) mass is 277 g/mol. The van der Waals surface area contributed by atoms with Crippen LogP contribution in [0.25, 0.3) is 0 Å². The number of carbonyl (C=O) groups is 1. The molecule has 0 amide bonds. The van der Waals surface area contributed by atoms with Gasteiger partial charge < -0.3 is 15.5 Å². The molecule has 1 atom stereocenters. The van der Waals surface area contributed by atoms with Gasteiger partial charge in [0.1, 0.15) is 5.82 Å². The van der Waals surface area contributed by atoms with Crippen LogP contribution >= 0.6 is 0 Å². The summed E-state index contributed by atoms with van der Waals surface area (Å²) in [4.78, 5) is 13.7. The maximum absolute atomic E-state index is 11.5. The normalized spacial score (nSPS) is 17.6. The molecule has 0 aromatic heterocycles. The van der Waals surface area contributed by atoms with Crippen molar-refractivity contribution in [2.45, 2.75) is 26.3 Å². The lowest BCUT2D eigenvalue weighted by molar-refractivity contribution is -0.113. The Morgan fingerprint density at radius 1 is 1.30 bits per heavy atom. The molecule has 0 radical (unpaired) electrons. The number of allylic oxidation sites excluding steroid dienone is 3. The van der Waals surface area contributed by atoms with E-state index >= 15 is 0 Å². The second-order valence-electron chi connectivity index (χ2n) is 4.45. The molecule has 4 heteroatoms. The average Bonchev–Trinajstić information content (AvgIpc) is 2.37. The molecular weight excluding hydrogens is 250 g/mol. The van der Waals surface area contributed by atoms with Crippen molar-refractivity contribution in [3.63, 3.8) is 0 Å². The average molecular weight is 277 g/mol. The van der Waals surface area contributed by atoms with Gasteiger partial charge in [0.2, 0.25) is 0 Å². The van der Waals surface area contributed by atoms with Crippen LogP contribution in [0.1, 0.15) is 20.3 Å². The molecule has 1 aliphatic heterocycles. The lowest BCUT2D eigenvalue weighted by atomic mass is 9.98. The van der Waals surface area contributed by atoms with Crippen LogP contribution in [0.3, 0.4) is 0 Å². The minimum Gasteiger partial charge on any atom is -0.390 e. The Morgan fingerprint density at radius 2 is 1.85 bits per heavy atom. The summed E-state index contributed by atoms with van der Waals surface area (Å²) in [5.41, 5.74) is 1.59. The molecule has 4 nitrogen and oxygen atoms in total. The SMILES string of the molecule is C=C/C(C(C)=O)=C(\NC)N1CC[C@@H]1C(=C)NC.C=CC. The number of carbonyl (C=O) groups excluding carboxylic acids is 1. The topological polar surface area (TPSA) is 44.4 Å². The second-order valence-corrected chi connectivity index (χ2v) is 4.45. The summed E-state index contributed by atoms with van der Waals surface area (Å²) < 4.78 is 0. The number of likely N-dealkylation sites (N-methyl/N-ethyl adjacent to an activating group) is 1. The number of nitrogens with zero attached hydrogens (tertiary/aromatic N) is 1. The molecule has 0 aromatic carbocycles. The van der Waals surface area contributed by atoms with E-state index in [9.17, 15) is 4.79 Å². The summed E-state index contributed by atoms with van der Waals surface area (Å²) in [5.74, 6) is 0.852. The van der Waals surface area contributed by atoms with E-state index in [1.165, 1.54) is 0 Å². The first-order valence-corrected chi connectivity index (χ1v) is 6.74. The maximum atomic E-state index is 11.5. The van der Waals surface area contributed by atoms with Crippen molar-refractivity contribution in [2.24, 2.45) is 0 Å². The molecule has 0 aliphatic carbocycles. The Labute approximate surface area is 122 Å². The molecule has 0 bridgehead atoms. The van der Waals surface area contributed by atoms with Crippen LogP contribution in [0, 0.1) is 0 Å². The maximum Gasteiger partial charge on any atom is 0.163 e. The molecule has 1 heterocycles. The van der Waals surface area contributed by atoms with Gasteiger partial charge in [-0.25, -0.2) is 0 Å². The minimum absolute atomic E-state index is 0.0186. The van der Waals surface area contributed by atoms with Crippen LogP contribution in [-0.2, 0) is 4.79 Å². The van der Waals surface area contributed by atoms with Crippen molar-refractivity contribution >= 4 is 5.78 Å². The lowest BCUT2D eigenvalue weighted by Crippen LogP contribution is -2.52. The predicted molar refractivity (Wildman–Crippen MR) is 86.1 cm³/mol. The molecule has 1 saturated heterocycles. The molecular formula is C16H27N3O. The van der Waals surface area contributed by atoms with Crippen LogP contribution in [0.5, 0.6) is 0 Å². The number of nitrogens with one attached hydrogen (secondary N) is 2. The Bertz CT molecular complexity index is 410. The lowest BCUT2D eigenvalue weighted by Gasteiger charge is -2.45. The minimum atomic E-state index is 0.0186. The van der Waals surface area contributed by atoms with Gasteiger partial charge in [0.15, 0.2) is 5.78 Å². The highest BCUT2D eigenvalue weighted by Crippen LogP contribution is 2.27. The summed E-state index contributed by atoms with van der Waals surface area (Å²) in [6, 6.07) is 0.247. The van der Waals surface area contributed by atoms with Gasteiger partial charge >= 0.3 is 0 Å². The summed E-state index contributed by atoms with van der Waals surface area (Å²) in [6.07, 6.45) is 4.40. The van der Waals surface area contributed by atoms with Crippen molar-refractivity contribution in [3.05, 3.63) is 49.0 Å². The summed E-state index contributed by atoms with van der Waals surface area (Å²) >= 11 is 0.